The van der Waals surface area contributed by atoms with E-state index in [-0.39, 0.29) is 6.42 Å². The van der Waals surface area contributed by atoms with E-state index >= 15 is 0 Å². The summed E-state index contributed by atoms with van der Waals surface area (Å²) in [6.07, 6.45) is 2.25. The number of carboxylic acid groups (broad SMARTS) is 1. The number of aromatic nitrogens is 1. The third kappa shape index (κ3) is 3.87. The van der Waals surface area contributed by atoms with Crippen LogP contribution in [0.1, 0.15) is 30.3 Å². The summed E-state index contributed by atoms with van der Waals surface area (Å²) in [4.78, 5) is 15.8. The van der Waals surface area contributed by atoms with E-state index in [1.165, 1.54) is 11.3 Å². The normalized spacial score (nSPS) is 10.3. The van der Waals surface area contributed by atoms with Crippen molar-refractivity contribution in [3.8, 4) is 0 Å². The maximum Gasteiger partial charge on any atom is 0.309 e. The zero-order valence-electron chi connectivity index (χ0n) is 9.04. The Morgan fingerprint density at radius 2 is 2.33 bits per heavy atom. The van der Waals surface area contributed by atoms with Crippen molar-refractivity contribution in [3.63, 3.8) is 0 Å². The fourth-order valence-corrected chi connectivity index (χ4v) is 2.04. The van der Waals surface area contributed by atoms with Crippen LogP contribution in [0.2, 0.25) is 0 Å². The minimum absolute atomic E-state index is 0.0117. The topological polar surface area (TPSA) is 62.2 Å². The quantitative estimate of drug-likeness (QED) is 0.733. The molecule has 0 bridgehead atoms. The van der Waals surface area contributed by atoms with Crippen LogP contribution in [0, 0.1) is 6.92 Å². The molecule has 0 atom stereocenters. The van der Waals surface area contributed by atoms with Gasteiger partial charge in [-0.05, 0) is 13.3 Å². The summed E-state index contributed by atoms with van der Waals surface area (Å²) in [5, 5.41) is 12.7. The highest BCUT2D eigenvalue weighted by atomic mass is 32.1. The lowest BCUT2D eigenvalue weighted by molar-refractivity contribution is -0.136. The Bertz CT molecular complexity index is 336. The fraction of sp³-hybridized carbons (Fsp3) is 0.600. The fourth-order valence-electron chi connectivity index (χ4n) is 1.18. The third-order valence-corrected chi connectivity index (χ3v) is 2.99. The number of thiazole rings is 1. The first-order chi connectivity index (χ1) is 7.13. The van der Waals surface area contributed by atoms with E-state index in [2.05, 4.69) is 17.2 Å². The van der Waals surface area contributed by atoms with Crippen LogP contribution in [0.3, 0.4) is 0 Å². The van der Waals surface area contributed by atoms with Gasteiger partial charge in [0.1, 0.15) is 0 Å². The summed E-state index contributed by atoms with van der Waals surface area (Å²) in [5.74, 6) is -0.830. The molecule has 5 heteroatoms. The highest BCUT2D eigenvalue weighted by Gasteiger charge is 2.10. The summed E-state index contributed by atoms with van der Waals surface area (Å²) in [7, 11) is 0. The van der Waals surface area contributed by atoms with Crippen molar-refractivity contribution in [2.45, 2.75) is 33.1 Å². The van der Waals surface area contributed by atoms with Crippen LogP contribution in [0.25, 0.3) is 0 Å². The van der Waals surface area contributed by atoms with Gasteiger partial charge >= 0.3 is 5.97 Å². The number of rotatable bonds is 6. The molecule has 0 radical (unpaired) electrons. The molecular weight excluding hydrogens is 212 g/mol. The molecule has 0 saturated carbocycles. The Labute approximate surface area is 93.4 Å². The van der Waals surface area contributed by atoms with Gasteiger partial charge in [0.25, 0.3) is 0 Å². The maximum absolute atomic E-state index is 10.5. The molecule has 1 aromatic heterocycles. The van der Waals surface area contributed by atoms with Crippen molar-refractivity contribution in [2.24, 2.45) is 0 Å². The Hall–Kier alpha value is -1.10. The lowest BCUT2D eigenvalue weighted by Crippen LogP contribution is -2.03. The molecule has 4 nitrogen and oxygen atoms in total. The Kier molecular flexibility index (Phi) is 4.55. The van der Waals surface area contributed by atoms with Crippen molar-refractivity contribution in [2.75, 3.05) is 11.9 Å². The summed E-state index contributed by atoms with van der Waals surface area (Å²) >= 11 is 1.52. The van der Waals surface area contributed by atoms with Crippen LogP contribution in [0.5, 0.6) is 0 Å². The van der Waals surface area contributed by atoms with Crippen LogP contribution in [0.4, 0.5) is 5.13 Å². The first kappa shape index (κ1) is 12.0. The number of nitrogens with one attached hydrogen (secondary N) is 1. The van der Waals surface area contributed by atoms with Crippen LogP contribution in [-0.2, 0) is 11.2 Å². The molecular formula is C10H16N2O2S. The summed E-state index contributed by atoms with van der Waals surface area (Å²) in [6, 6.07) is 0. The molecule has 2 N–H and O–H groups in total. The number of anilines is 1. The second-order valence-corrected chi connectivity index (χ2v) is 4.58. The van der Waals surface area contributed by atoms with Gasteiger partial charge in [-0.2, -0.15) is 0 Å². The molecule has 15 heavy (non-hydrogen) atoms. The molecule has 0 aliphatic heterocycles. The Morgan fingerprint density at radius 1 is 1.60 bits per heavy atom. The smallest absolute Gasteiger partial charge is 0.309 e. The van der Waals surface area contributed by atoms with Crippen molar-refractivity contribution in [3.05, 3.63) is 10.6 Å². The monoisotopic (exact) mass is 228 g/mol. The van der Waals surface area contributed by atoms with Crippen molar-refractivity contribution in [1.82, 2.24) is 4.98 Å². The molecule has 0 aliphatic carbocycles. The number of hydrogen-bond donors (Lipinski definition) is 2. The second-order valence-electron chi connectivity index (χ2n) is 3.37. The van der Waals surface area contributed by atoms with E-state index in [0.717, 1.165) is 29.4 Å². The van der Waals surface area contributed by atoms with E-state index in [0.29, 0.717) is 5.69 Å². The zero-order chi connectivity index (χ0) is 11.3. The maximum atomic E-state index is 10.5. The molecule has 0 unspecified atom stereocenters. The van der Waals surface area contributed by atoms with Crippen molar-refractivity contribution in [1.29, 1.82) is 0 Å². The van der Waals surface area contributed by atoms with Crippen molar-refractivity contribution >= 4 is 22.4 Å². The molecule has 0 amide bonds. The highest BCUT2D eigenvalue weighted by Crippen LogP contribution is 2.22. The lowest BCUT2D eigenvalue weighted by Gasteiger charge is -1.98. The van der Waals surface area contributed by atoms with Gasteiger partial charge in [0.15, 0.2) is 5.13 Å². The molecule has 0 aliphatic rings. The predicted molar refractivity (Wildman–Crippen MR) is 61.6 cm³/mol. The molecule has 1 heterocycles. The van der Waals surface area contributed by atoms with E-state index < -0.39 is 5.97 Å². The van der Waals surface area contributed by atoms with E-state index in [1.54, 1.807) is 0 Å². The number of carbonyl (C=O) groups is 1. The first-order valence-corrected chi connectivity index (χ1v) is 5.87. The standard InChI is InChI=1S/C10H16N2O2S/c1-3-4-5-11-10-12-8(6-9(13)14)7(2)15-10/h3-6H2,1-2H3,(H,11,12)(H,13,14). The van der Waals surface area contributed by atoms with Gasteiger partial charge in [0.05, 0.1) is 12.1 Å². The highest BCUT2D eigenvalue weighted by molar-refractivity contribution is 7.15. The molecule has 0 aromatic carbocycles. The van der Waals surface area contributed by atoms with Gasteiger partial charge in [-0.1, -0.05) is 13.3 Å². The molecule has 0 fully saturated rings. The van der Waals surface area contributed by atoms with Gasteiger partial charge in [-0.25, -0.2) is 4.98 Å². The summed E-state index contributed by atoms with van der Waals surface area (Å²) < 4.78 is 0. The van der Waals surface area contributed by atoms with Crippen LogP contribution >= 0.6 is 11.3 Å². The summed E-state index contributed by atoms with van der Waals surface area (Å²) in [6.45, 7) is 4.93. The zero-order valence-corrected chi connectivity index (χ0v) is 9.86. The minimum atomic E-state index is -0.830. The Balaban J connectivity index is 2.56. The molecule has 1 aromatic rings. The van der Waals surface area contributed by atoms with Crippen LogP contribution in [0.15, 0.2) is 0 Å². The average molecular weight is 228 g/mol. The minimum Gasteiger partial charge on any atom is -0.481 e. The molecule has 1 rings (SSSR count). The van der Waals surface area contributed by atoms with Gasteiger partial charge in [0, 0.05) is 11.4 Å². The van der Waals surface area contributed by atoms with Gasteiger partial charge < -0.3 is 10.4 Å². The molecule has 0 spiro atoms. The van der Waals surface area contributed by atoms with E-state index in [4.69, 9.17) is 5.11 Å². The van der Waals surface area contributed by atoms with Crippen LogP contribution < -0.4 is 5.32 Å². The van der Waals surface area contributed by atoms with Crippen molar-refractivity contribution < 1.29 is 9.90 Å². The van der Waals surface area contributed by atoms with Crippen LogP contribution in [-0.4, -0.2) is 22.6 Å². The Morgan fingerprint density at radius 3 is 2.93 bits per heavy atom. The van der Waals surface area contributed by atoms with Gasteiger partial charge in [-0.15, -0.1) is 11.3 Å². The largest absolute Gasteiger partial charge is 0.481 e. The third-order valence-electron chi connectivity index (χ3n) is 2.02. The average Bonchev–Trinajstić information content (AvgIpc) is 2.47. The number of unbranched alkanes of at least 4 members (excludes halogenated alkanes) is 1. The first-order valence-electron chi connectivity index (χ1n) is 5.05. The van der Waals surface area contributed by atoms with Gasteiger partial charge in [-0.3, -0.25) is 4.79 Å². The van der Waals surface area contributed by atoms with E-state index in [9.17, 15) is 4.79 Å². The number of carboxylic acids is 1. The SMILES string of the molecule is CCCCNc1nc(CC(=O)O)c(C)s1. The number of hydrogen-bond acceptors (Lipinski definition) is 4. The summed E-state index contributed by atoms with van der Waals surface area (Å²) in [5.41, 5.74) is 0.673. The predicted octanol–water partition coefficient (Wildman–Crippen LogP) is 2.29. The molecule has 0 saturated heterocycles. The number of aliphatic carboxylic acids is 1. The number of aryl methyl sites for hydroxylation is 1. The lowest BCUT2D eigenvalue weighted by atomic mass is 10.3. The van der Waals surface area contributed by atoms with Gasteiger partial charge in [0.2, 0.25) is 0 Å². The number of nitrogens with zero attached hydrogens (tertiary/aromatic N) is 1. The second kappa shape index (κ2) is 5.70. The molecule has 84 valence electrons. The van der Waals surface area contributed by atoms with E-state index in [1.807, 2.05) is 6.92 Å².